The van der Waals surface area contributed by atoms with Crippen molar-refractivity contribution in [3.05, 3.63) is 53.6 Å². The normalized spacial score (nSPS) is 10.6. The molecule has 0 amide bonds. The summed E-state index contributed by atoms with van der Waals surface area (Å²) in [6.07, 6.45) is 5.81. The van der Waals surface area contributed by atoms with E-state index in [9.17, 15) is 0 Å². The summed E-state index contributed by atoms with van der Waals surface area (Å²) in [5.41, 5.74) is 3.85. The van der Waals surface area contributed by atoms with E-state index < -0.39 is 0 Å². The van der Waals surface area contributed by atoms with E-state index in [2.05, 4.69) is 53.2 Å². The van der Waals surface area contributed by atoms with Crippen LogP contribution >= 0.6 is 0 Å². The molecule has 2 aromatic heterocycles. The number of rotatable bonds is 4. The summed E-state index contributed by atoms with van der Waals surface area (Å²) in [4.78, 5) is 4.09. The summed E-state index contributed by atoms with van der Waals surface area (Å²) < 4.78 is 2.13. The van der Waals surface area contributed by atoms with Crippen LogP contribution in [0.2, 0.25) is 0 Å². The Morgan fingerprint density at radius 1 is 1.31 bits per heavy atom. The highest BCUT2D eigenvalue weighted by atomic mass is 15.0. The lowest BCUT2D eigenvalue weighted by molar-refractivity contribution is 0.653. The monoisotopic (exact) mass is 215 g/mol. The molecule has 1 N–H and O–H groups in total. The van der Waals surface area contributed by atoms with Crippen molar-refractivity contribution in [3.8, 4) is 0 Å². The minimum Gasteiger partial charge on any atom is -0.353 e. The Balaban J connectivity index is 1.89. The lowest BCUT2D eigenvalue weighted by Crippen LogP contribution is -2.15. The van der Waals surface area contributed by atoms with Gasteiger partial charge in [-0.05, 0) is 36.2 Å². The number of hydrogen-bond donors (Lipinski definition) is 1. The number of pyridine rings is 1. The molecule has 0 saturated heterocycles. The summed E-state index contributed by atoms with van der Waals surface area (Å²) in [5, 5.41) is 3.44. The van der Waals surface area contributed by atoms with E-state index in [1.807, 2.05) is 12.4 Å². The van der Waals surface area contributed by atoms with Gasteiger partial charge < -0.3 is 9.88 Å². The van der Waals surface area contributed by atoms with Crippen molar-refractivity contribution < 1.29 is 0 Å². The van der Waals surface area contributed by atoms with Crippen molar-refractivity contribution in [1.29, 1.82) is 0 Å². The van der Waals surface area contributed by atoms with Crippen molar-refractivity contribution in [3.63, 3.8) is 0 Å². The van der Waals surface area contributed by atoms with Crippen molar-refractivity contribution >= 4 is 0 Å². The van der Waals surface area contributed by atoms with Gasteiger partial charge in [-0.1, -0.05) is 0 Å². The fourth-order valence-corrected chi connectivity index (χ4v) is 1.71. The third-order valence-electron chi connectivity index (χ3n) is 2.81. The van der Waals surface area contributed by atoms with E-state index in [0.717, 1.165) is 13.1 Å². The predicted octanol–water partition coefficient (Wildman–Crippen LogP) is 2.02. The second kappa shape index (κ2) is 4.94. The molecule has 0 unspecified atom stereocenters. The van der Waals surface area contributed by atoms with Crippen LogP contribution in [-0.4, -0.2) is 9.55 Å². The Morgan fingerprint density at radius 3 is 2.88 bits per heavy atom. The first-order chi connectivity index (χ1) is 7.77. The highest BCUT2D eigenvalue weighted by molar-refractivity contribution is 5.21. The van der Waals surface area contributed by atoms with Crippen LogP contribution in [0.5, 0.6) is 0 Å². The Hall–Kier alpha value is -1.61. The second-order valence-electron chi connectivity index (χ2n) is 4.02. The van der Waals surface area contributed by atoms with E-state index in [4.69, 9.17) is 0 Å². The van der Waals surface area contributed by atoms with Gasteiger partial charge in [-0.25, -0.2) is 0 Å². The van der Waals surface area contributed by atoms with Gasteiger partial charge in [0.05, 0.1) is 0 Å². The van der Waals surface area contributed by atoms with Gasteiger partial charge in [-0.2, -0.15) is 0 Å². The molecule has 0 aliphatic carbocycles. The van der Waals surface area contributed by atoms with E-state index in [0.29, 0.717) is 0 Å². The van der Waals surface area contributed by atoms with Crippen molar-refractivity contribution in [2.75, 3.05) is 0 Å². The van der Waals surface area contributed by atoms with Gasteiger partial charge in [0, 0.05) is 44.4 Å². The fourth-order valence-electron chi connectivity index (χ4n) is 1.71. The van der Waals surface area contributed by atoms with Gasteiger partial charge in [-0.15, -0.1) is 0 Å². The maximum Gasteiger partial charge on any atom is 0.0362 e. The van der Waals surface area contributed by atoms with Crippen LogP contribution < -0.4 is 5.32 Å². The molecule has 0 fully saturated rings. The summed E-state index contributed by atoms with van der Waals surface area (Å²) in [5.74, 6) is 0. The molecule has 2 aromatic rings. The van der Waals surface area contributed by atoms with Gasteiger partial charge >= 0.3 is 0 Å². The minimum atomic E-state index is 0.888. The zero-order chi connectivity index (χ0) is 11.4. The van der Waals surface area contributed by atoms with E-state index in [1.165, 1.54) is 16.8 Å². The largest absolute Gasteiger partial charge is 0.353 e. The number of aromatic nitrogens is 2. The molecule has 0 radical (unpaired) electrons. The summed E-state index contributed by atoms with van der Waals surface area (Å²) in [6, 6.07) is 6.26. The molecule has 0 aromatic carbocycles. The molecule has 3 nitrogen and oxygen atoms in total. The molecule has 2 rings (SSSR count). The maximum atomic E-state index is 4.09. The third kappa shape index (κ3) is 2.49. The maximum absolute atomic E-state index is 4.09. The minimum absolute atomic E-state index is 0.888. The Labute approximate surface area is 96.1 Å². The van der Waals surface area contributed by atoms with Crippen molar-refractivity contribution in [1.82, 2.24) is 14.9 Å². The van der Waals surface area contributed by atoms with Crippen LogP contribution in [0.1, 0.15) is 16.8 Å². The third-order valence-corrected chi connectivity index (χ3v) is 2.81. The number of nitrogens with one attached hydrogen (secondary N) is 1. The molecular weight excluding hydrogens is 198 g/mol. The Morgan fingerprint density at radius 2 is 2.19 bits per heavy atom. The van der Waals surface area contributed by atoms with Crippen LogP contribution in [0.15, 0.2) is 36.8 Å². The lowest BCUT2D eigenvalue weighted by Gasteiger charge is -2.08. The summed E-state index contributed by atoms with van der Waals surface area (Å²) >= 11 is 0. The molecule has 2 heterocycles. The zero-order valence-corrected chi connectivity index (χ0v) is 9.77. The van der Waals surface area contributed by atoms with Crippen LogP contribution in [0.3, 0.4) is 0 Å². The molecule has 0 spiro atoms. The summed E-state index contributed by atoms with van der Waals surface area (Å²) in [6.45, 7) is 3.87. The first kappa shape index (κ1) is 10.9. The highest BCUT2D eigenvalue weighted by Crippen LogP contribution is 2.05. The number of aryl methyl sites for hydroxylation is 2. The van der Waals surface area contributed by atoms with E-state index in [-0.39, 0.29) is 0 Å². The molecule has 0 saturated carbocycles. The van der Waals surface area contributed by atoms with Crippen molar-refractivity contribution in [2.24, 2.45) is 7.05 Å². The zero-order valence-electron chi connectivity index (χ0n) is 9.77. The van der Waals surface area contributed by atoms with Gasteiger partial charge in [0.25, 0.3) is 0 Å². The lowest BCUT2D eigenvalue weighted by atomic mass is 10.1. The van der Waals surface area contributed by atoms with Crippen molar-refractivity contribution in [2.45, 2.75) is 20.0 Å². The second-order valence-corrected chi connectivity index (χ2v) is 4.02. The van der Waals surface area contributed by atoms with Crippen LogP contribution in [-0.2, 0) is 20.1 Å². The predicted molar refractivity (Wildman–Crippen MR) is 64.9 cm³/mol. The van der Waals surface area contributed by atoms with Crippen LogP contribution in [0, 0.1) is 6.92 Å². The number of hydrogen-bond acceptors (Lipinski definition) is 2. The SMILES string of the molecule is Cc1cnccc1CNCc1cccn1C. The molecular formula is C13H17N3. The standard InChI is InChI=1S/C13H17N3/c1-11-8-14-6-5-12(11)9-15-10-13-4-3-7-16(13)2/h3-8,15H,9-10H2,1-2H3. The quantitative estimate of drug-likeness (QED) is 0.845. The average molecular weight is 215 g/mol. The van der Waals surface area contributed by atoms with Gasteiger partial charge in [0.2, 0.25) is 0 Å². The first-order valence-electron chi connectivity index (χ1n) is 5.48. The highest BCUT2D eigenvalue weighted by Gasteiger charge is 1.99. The molecule has 16 heavy (non-hydrogen) atoms. The van der Waals surface area contributed by atoms with Crippen LogP contribution in [0.25, 0.3) is 0 Å². The van der Waals surface area contributed by atoms with Crippen LogP contribution in [0.4, 0.5) is 0 Å². The molecule has 0 aliphatic heterocycles. The Bertz CT molecular complexity index is 460. The molecule has 0 aliphatic rings. The van der Waals surface area contributed by atoms with E-state index >= 15 is 0 Å². The first-order valence-corrected chi connectivity index (χ1v) is 5.48. The fraction of sp³-hybridized carbons (Fsp3) is 0.308. The molecule has 0 bridgehead atoms. The van der Waals surface area contributed by atoms with E-state index in [1.54, 1.807) is 0 Å². The number of nitrogens with zero attached hydrogens (tertiary/aromatic N) is 2. The molecule has 84 valence electrons. The molecule has 3 heteroatoms. The average Bonchev–Trinajstić information content (AvgIpc) is 2.67. The summed E-state index contributed by atoms with van der Waals surface area (Å²) in [7, 11) is 2.06. The molecule has 0 atom stereocenters. The topological polar surface area (TPSA) is 29.9 Å². The van der Waals surface area contributed by atoms with Gasteiger partial charge in [-0.3, -0.25) is 4.98 Å². The smallest absolute Gasteiger partial charge is 0.0362 e. The van der Waals surface area contributed by atoms with Gasteiger partial charge in [0.1, 0.15) is 0 Å². The Kier molecular flexibility index (Phi) is 3.37. The van der Waals surface area contributed by atoms with Gasteiger partial charge in [0.15, 0.2) is 0 Å².